The lowest BCUT2D eigenvalue weighted by Crippen LogP contribution is -2.54. The fourth-order valence-electron chi connectivity index (χ4n) is 11.0. The Hall–Kier alpha value is -0.790. The number of nitrogens with zero attached hydrogens (tertiary/aromatic N) is 2. The Morgan fingerprint density at radius 1 is 0.860 bits per heavy atom. The molecule has 240 valence electrons. The van der Waals surface area contributed by atoms with Crippen LogP contribution in [0, 0.1) is 28.6 Å². The van der Waals surface area contributed by atoms with E-state index in [1.807, 2.05) is 12.5 Å². The highest BCUT2D eigenvalue weighted by molar-refractivity contribution is 8.00. The minimum absolute atomic E-state index is 0.183. The fraction of sp³-hybridized carbons (Fsp3) is 0.838. The molecule has 43 heavy (non-hydrogen) atoms. The summed E-state index contributed by atoms with van der Waals surface area (Å²) in [4.78, 5) is 5.15. The van der Waals surface area contributed by atoms with Crippen LogP contribution in [0.1, 0.15) is 96.5 Å². The highest BCUT2D eigenvalue weighted by Crippen LogP contribution is 2.70. The molecule has 0 N–H and O–H groups in total. The number of hydrogen-bond acceptors (Lipinski definition) is 6. The Kier molecular flexibility index (Phi) is 9.42. The third-order valence-electron chi connectivity index (χ3n) is 13.4. The molecule has 0 bridgehead atoms. The summed E-state index contributed by atoms with van der Waals surface area (Å²) in [6.45, 7) is 15.1. The van der Waals surface area contributed by atoms with E-state index in [9.17, 15) is 0 Å². The Bertz CT molecular complexity index is 1080. The average molecular weight is 611 g/mol. The van der Waals surface area contributed by atoms with E-state index in [0.29, 0.717) is 10.7 Å². The zero-order chi connectivity index (χ0) is 29.3. The fourth-order valence-corrected chi connectivity index (χ4v) is 12.1. The molecule has 6 heteroatoms. The summed E-state index contributed by atoms with van der Waals surface area (Å²) in [6, 6.07) is 2.22. The Morgan fingerprint density at radius 2 is 1.60 bits per heavy atom. The molecule has 7 atom stereocenters. The summed E-state index contributed by atoms with van der Waals surface area (Å²) in [7, 11) is 0. The number of allylic oxidation sites excluding steroid dienone is 1. The quantitative estimate of drug-likeness (QED) is 0.178. The minimum Gasteiger partial charge on any atom is -0.472 e. The lowest BCUT2D eigenvalue weighted by Gasteiger charge is -2.60. The van der Waals surface area contributed by atoms with E-state index >= 15 is 0 Å². The molecular formula is C37H58N2O3S. The first-order valence-corrected chi connectivity index (χ1v) is 19.1. The van der Waals surface area contributed by atoms with Gasteiger partial charge in [0.15, 0.2) is 0 Å². The van der Waals surface area contributed by atoms with Gasteiger partial charge in [0.2, 0.25) is 0 Å². The predicted octanol–water partition coefficient (Wildman–Crippen LogP) is 7.76. The van der Waals surface area contributed by atoms with Crippen molar-refractivity contribution in [3.8, 4) is 0 Å². The van der Waals surface area contributed by atoms with Crippen LogP contribution >= 0.6 is 11.8 Å². The summed E-state index contributed by atoms with van der Waals surface area (Å²) in [5.74, 6) is 3.53. The zero-order valence-corrected chi connectivity index (χ0v) is 28.0. The summed E-state index contributed by atoms with van der Waals surface area (Å²) >= 11 is 2.15. The van der Waals surface area contributed by atoms with E-state index in [2.05, 4.69) is 47.6 Å². The molecule has 5 nitrogen and oxygen atoms in total. The van der Waals surface area contributed by atoms with Gasteiger partial charge in [-0.05, 0) is 132 Å². The van der Waals surface area contributed by atoms with Crippen molar-refractivity contribution in [2.45, 2.75) is 102 Å². The molecule has 3 heterocycles. The molecule has 5 fully saturated rings. The van der Waals surface area contributed by atoms with E-state index in [1.165, 1.54) is 102 Å². The molecule has 2 saturated heterocycles. The van der Waals surface area contributed by atoms with Crippen molar-refractivity contribution >= 4 is 11.8 Å². The predicted molar refractivity (Wildman–Crippen MR) is 176 cm³/mol. The van der Waals surface area contributed by atoms with Crippen LogP contribution in [-0.4, -0.2) is 79.9 Å². The molecule has 0 radical (unpaired) electrons. The largest absolute Gasteiger partial charge is 0.472 e. The summed E-state index contributed by atoms with van der Waals surface area (Å²) in [5.41, 5.74) is 3.49. The van der Waals surface area contributed by atoms with E-state index in [4.69, 9.17) is 13.9 Å². The second-order valence-electron chi connectivity index (χ2n) is 15.4. The zero-order valence-electron chi connectivity index (χ0n) is 27.2. The van der Waals surface area contributed by atoms with Crippen LogP contribution in [0.25, 0.3) is 0 Å². The monoisotopic (exact) mass is 610 g/mol. The highest BCUT2D eigenvalue weighted by atomic mass is 32.2. The van der Waals surface area contributed by atoms with Gasteiger partial charge in [-0.15, -0.1) is 0 Å². The van der Waals surface area contributed by atoms with Gasteiger partial charge >= 0.3 is 0 Å². The van der Waals surface area contributed by atoms with Gasteiger partial charge in [-0.3, -0.25) is 0 Å². The second kappa shape index (κ2) is 13.1. The van der Waals surface area contributed by atoms with Crippen molar-refractivity contribution in [2.24, 2.45) is 28.6 Å². The SMILES string of the molecule is C[C@]12CC[C@H](SCCOCCN3CCCC3)C=C1CC[C@@H]1[C@@H]2CC[C@@]2(C)[C@H]1CC[C@@]2(OCCN1CCCC1)c1ccoc1. The van der Waals surface area contributed by atoms with Crippen molar-refractivity contribution in [3.05, 3.63) is 35.8 Å². The smallest absolute Gasteiger partial charge is 0.102 e. The van der Waals surface area contributed by atoms with Crippen LogP contribution in [0.4, 0.5) is 0 Å². The van der Waals surface area contributed by atoms with Crippen molar-refractivity contribution in [2.75, 3.05) is 64.8 Å². The number of ether oxygens (including phenoxy) is 2. The number of likely N-dealkylation sites (tertiary alicyclic amines) is 2. The maximum Gasteiger partial charge on any atom is 0.102 e. The van der Waals surface area contributed by atoms with Crippen LogP contribution in [0.3, 0.4) is 0 Å². The first kappa shape index (κ1) is 30.8. The third-order valence-corrected chi connectivity index (χ3v) is 14.6. The topological polar surface area (TPSA) is 38.1 Å². The van der Waals surface area contributed by atoms with Gasteiger partial charge in [-0.25, -0.2) is 0 Å². The highest BCUT2D eigenvalue weighted by Gasteiger charge is 2.65. The number of hydrogen-bond donors (Lipinski definition) is 0. The van der Waals surface area contributed by atoms with Crippen molar-refractivity contribution in [3.63, 3.8) is 0 Å². The molecule has 1 aromatic rings. The van der Waals surface area contributed by atoms with Gasteiger partial charge in [-0.2, -0.15) is 11.8 Å². The first-order valence-electron chi connectivity index (χ1n) is 18.0. The molecule has 6 aliphatic rings. The number of fused-ring (bicyclic) bond motifs is 5. The molecule has 0 unspecified atom stereocenters. The maximum atomic E-state index is 7.15. The summed E-state index contributed by atoms with van der Waals surface area (Å²) < 4.78 is 18.9. The molecular weight excluding hydrogens is 552 g/mol. The second-order valence-corrected chi connectivity index (χ2v) is 16.7. The van der Waals surface area contributed by atoms with Crippen molar-refractivity contribution in [1.82, 2.24) is 9.80 Å². The van der Waals surface area contributed by atoms with Crippen molar-refractivity contribution in [1.29, 1.82) is 0 Å². The van der Waals surface area contributed by atoms with Gasteiger partial charge < -0.3 is 23.7 Å². The van der Waals surface area contributed by atoms with Crippen LogP contribution < -0.4 is 0 Å². The molecule has 1 aromatic heterocycles. The van der Waals surface area contributed by atoms with E-state index in [1.54, 1.807) is 5.57 Å². The lowest BCUT2D eigenvalue weighted by molar-refractivity contribution is -0.167. The normalized spacial score (nSPS) is 39.9. The average Bonchev–Trinajstić information content (AvgIpc) is 3.83. The van der Waals surface area contributed by atoms with Gasteiger partial charge in [0.05, 0.1) is 32.3 Å². The van der Waals surface area contributed by atoms with Crippen LogP contribution in [-0.2, 0) is 15.1 Å². The third kappa shape index (κ3) is 5.83. The Balaban J connectivity index is 0.981. The van der Waals surface area contributed by atoms with Crippen LogP contribution in [0.15, 0.2) is 34.7 Å². The van der Waals surface area contributed by atoms with Crippen molar-refractivity contribution < 1.29 is 13.9 Å². The Labute approximate surface area is 265 Å². The van der Waals surface area contributed by atoms with Crippen LogP contribution in [0.2, 0.25) is 0 Å². The van der Waals surface area contributed by atoms with Gasteiger partial charge in [0.1, 0.15) is 5.60 Å². The molecule has 7 rings (SSSR count). The number of furan rings is 1. The summed E-state index contributed by atoms with van der Waals surface area (Å²) in [6.07, 6.45) is 22.5. The van der Waals surface area contributed by atoms with E-state index in [-0.39, 0.29) is 11.0 Å². The number of thioether (sulfide) groups is 1. The Morgan fingerprint density at radius 3 is 2.35 bits per heavy atom. The van der Waals surface area contributed by atoms with Gasteiger partial charge in [-0.1, -0.05) is 25.5 Å². The first-order chi connectivity index (χ1) is 21.0. The molecule has 0 amide bonds. The minimum atomic E-state index is -0.197. The van der Waals surface area contributed by atoms with Gasteiger partial charge in [0, 0.05) is 35.1 Å². The van der Waals surface area contributed by atoms with E-state index in [0.717, 1.165) is 62.8 Å². The molecule has 0 aromatic carbocycles. The lowest BCUT2D eigenvalue weighted by atomic mass is 9.46. The van der Waals surface area contributed by atoms with E-state index < -0.39 is 0 Å². The molecule has 4 aliphatic carbocycles. The number of rotatable bonds is 12. The standard InChI is InChI=1S/C37H58N2O3S/c1-35-13-9-31(43-26-25-40-23-20-38-16-3-4-17-38)27-29(35)7-8-32-33(35)10-14-36(2)34(32)11-15-37(36,30-12-22-41-28-30)42-24-21-39-18-5-6-19-39/h12,22,27-28,31-34H,3-11,13-21,23-26H2,1-2H3/t31-,32+,33-,34-,35-,36-,37+/m0/s1. The molecule has 0 spiro atoms. The molecule has 2 aliphatic heterocycles. The van der Waals surface area contributed by atoms with Gasteiger partial charge in [0.25, 0.3) is 0 Å². The molecule has 3 saturated carbocycles. The van der Waals surface area contributed by atoms with Crippen LogP contribution in [0.5, 0.6) is 0 Å². The maximum absolute atomic E-state index is 7.15. The summed E-state index contributed by atoms with van der Waals surface area (Å²) in [5, 5.41) is 0.680.